The van der Waals surface area contributed by atoms with E-state index < -0.39 is 11.0 Å². The Morgan fingerprint density at radius 2 is 2.00 bits per heavy atom. The number of ether oxygens (including phenoxy) is 1. The summed E-state index contributed by atoms with van der Waals surface area (Å²) in [4.78, 5) is 21.9. The van der Waals surface area contributed by atoms with Crippen molar-refractivity contribution in [2.24, 2.45) is 0 Å². The van der Waals surface area contributed by atoms with Crippen LogP contribution in [-0.2, 0) is 6.61 Å². The fourth-order valence-electron chi connectivity index (χ4n) is 1.40. The highest BCUT2D eigenvalue weighted by Crippen LogP contribution is 2.13. The molecule has 1 aromatic carbocycles. The average Bonchev–Trinajstić information content (AvgIpc) is 2.31. The monoisotopic (exact) mass is 232 g/mol. The van der Waals surface area contributed by atoms with Crippen LogP contribution in [0.15, 0.2) is 39.9 Å². The van der Waals surface area contributed by atoms with Crippen LogP contribution in [0.3, 0.4) is 0 Å². The molecule has 0 radical (unpaired) electrons. The van der Waals surface area contributed by atoms with Gasteiger partial charge < -0.3 is 4.74 Å². The Hall–Kier alpha value is -2.30. The number of hydrogen-bond acceptors (Lipinski definition) is 3. The maximum atomic E-state index is 11.1. The first-order valence-corrected chi connectivity index (χ1v) is 5.15. The maximum Gasteiger partial charge on any atom is 0.310 e. The Balaban J connectivity index is 2.10. The highest BCUT2D eigenvalue weighted by atomic mass is 16.5. The van der Waals surface area contributed by atoms with Gasteiger partial charge in [0.2, 0.25) is 5.43 Å². The number of aryl methyl sites for hydroxylation is 1. The summed E-state index contributed by atoms with van der Waals surface area (Å²) >= 11 is 0. The third-order valence-corrected chi connectivity index (χ3v) is 2.25. The SMILES string of the molecule is Cc1cccc(OCc2cc(=O)c(=O)[nH][nH]2)c1. The van der Waals surface area contributed by atoms with E-state index in [1.165, 1.54) is 6.07 Å². The van der Waals surface area contributed by atoms with Crippen LogP contribution in [-0.4, -0.2) is 10.2 Å². The molecule has 0 saturated carbocycles. The van der Waals surface area contributed by atoms with Gasteiger partial charge in [0, 0.05) is 6.07 Å². The van der Waals surface area contributed by atoms with Crippen molar-refractivity contribution in [2.45, 2.75) is 13.5 Å². The number of nitrogens with one attached hydrogen (secondary N) is 2. The van der Waals surface area contributed by atoms with Gasteiger partial charge in [-0.05, 0) is 24.6 Å². The van der Waals surface area contributed by atoms with Gasteiger partial charge in [-0.15, -0.1) is 0 Å². The second-order valence-corrected chi connectivity index (χ2v) is 3.72. The van der Waals surface area contributed by atoms with Crippen molar-refractivity contribution < 1.29 is 4.74 Å². The van der Waals surface area contributed by atoms with Crippen molar-refractivity contribution in [1.29, 1.82) is 0 Å². The molecule has 0 saturated heterocycles. The molecule has 0 spiro atoms. The summed E-state index contributed by atoms with van der Waals surface area (Å²) < 4.78 is 5.48. The fourth-order valence-corrected chi connectivity index (χ4v) is 1.40. The van der Waals surface area contributed by atoms with E-state index in [1.807, 2.05) is 31.2 Å². The van der Waals surface area contributed by atoms with E-state index >= 15 is 0 Å². The summed E-state index contributed by atoms with van der Waals surface area (Å²) in [5.74, 6) is 0.719. The number of hydrogen-bond donors (Lipinski definition) is 2. The van der Waals surface area contributed by atoms with E-state index in [1.54, 1.807) is 0 Å². The second kappa shape index (κ2) is 4.69. The number of benzene rings is 1. The van der Waals surface area contributed by atoms with Crippen molar-refractivity contribution in [3.63, 3.8) is 0 Å². The first-order valence-electron chi connectivity index (χ1n) is 5.15. The van der Waals surface area contributed by atoms with Crippen LogP contribution >= 0.6 is 0 Å². The largest absolute Gasteiger partial charge is 0.487 e. The van der Waals surface area contributed by atoms with Crippen LogP contribution in [0.25, 0.3) is 0 Å². The topological polar surface area (TPSA) is 75.0 Å². The van der Waals surface area contributed by atoms with Crippen molar-refractivity contribution in [1.82, 2.24) is 10.2 Å². The molecule has 0 bridgehead atoms. The first kappa shape index (κ1) is 11.2. The Bertz CT molecular complexity index is 628. The zero-order valence-corrected chi connectivity index (χ0v) is 9.32. The van der Waals surface area contributed by atoms with Gasteiger partial charge in [-0.3, -0.25) is 19.8 Å². The molecule has 1 heterocycles. The van der Waals surface area contributed by atoms with E-state index in [2.05, 4.69) is 10.2 Å². The normalized spacial score (nSPS) is 10.2. The third kappa shape index (κ3) is 2.84. The first-order chi connectivity index (χ1) is 8.15. The summed E-state index contributed by atoms with van der Waals surface area (Å²) in [6.45, 7) is 2.17. The second-order valence-electron chi connectivity index (χ2n) is 3.72. The summed E-state index contributed by atoms with van der Waals surface area (Å²) in [5.41, 5.74) is 0.379. The minimum absolute atomic E-state index is 0.204. The number of H-pyrrole nitrogens is 2. The molecule has 0 aliphatic rings. The highest BCUT2D eigenvalue weighted by molar-refractivity contribution is 5.27. The van der Waals surface area contributed by atoms with Gasteiger partial charge in [-0.25, -0.2) is 0 Å². The maximum absolute atomic E-state index is 11.1. The summed E-state index contributed by atoms with van der Waals surface area (Å²) in [6.07, 6.45) is 0. The predicted molar refractivity (Wildman–Crippen MR) is 63.2 cm³/mol. The lowest BCUT2D eigenvalue weighted by atomic mass is 10.2. The molecule has 0 fully saturated rings. The molecule has 2 aromatic rings. The molecule has 5 nitrogen and oxygen atoms in total. The van der Waals surface area contributed by atoms with Crippen molar-refractivity contribution >= 4 is 0 Å². The van der Waals surface area contributed by atoms with Gasteiger partial charge in [0.25, 0.3) is 0 Å². The van der Waals surface area contributed by atoms with Gasteiger partial charge in [0.05, 0.1) is 5.69 Å². The minimum Gasteiger partial charge on any atom is -0.487 e. The van der Waals surface area contributed by atoms with Crippen LogP contribution in [0.5, 0.6) is 5.75 Å². The summed E-state index contributed by atoms with van der Waals surface area (Å²) in [5, 5.41) is 4.84. The lowest BCUT2D eigenvalue weighted by Gasteiger charge is -2.06. The van der Waals surface area contributed by atoms with Gasteiger partial charge in [-0.1, -0.05) is 12.1 Å². The van der Waals surface area contributed by atoms with Gasteiger partial charge >= 0.3 is 5.56 Å². The van der Waals surface area contributed by atoms with E-state index in [9.17, 15) is 9.59 Å². The minimum atomic E-state index is -0.663. The summed E-state index contributed by atoms with van der Waals surface area (Å²) in [7, 11) is 0. The lowest BCUT2D eigenvalue weighted by molar-refractivity contribution is 0.299. The molecule has 0 aliphatic carbocycles. The van der Waals surface area contributed by atoms with Crippen molar-refractivity contribution in [3.05, 3.63) is 62.2 Å². The molecule has 0 unspecified atom stereocenters. The van der Waals surface area contributed by atoms with E-state index in [0.29, 0.717) is 5.69 Å². The van der Waals surface area contributed by atoms with Crippen LogP contribution in [0.2, 0.25) is 0 Å². The number of rotatable bonds is 3. The zero-order chi connectivity index (χ0) is 12.3. The van der Waals surface area contributed by atoms with Gasteiger partial charge in [0.15, 0.2) is 0 Å². The molecule has 5 heteroatoms. The van der Waals surface area contributed by atoms with Crippen molar-refractivity contribution in [3.8, 4) is 5.75 Å². The van der Waals surface area contributed by atoms with Crippen LogP contribution in [0.4, 0.5) is 0 Å². The zero-order valence-electron chi connectivity index (χ0n) is 9.32. The fraction of sp³-hybridized carbons (Fsp3) is 0.167. The van der Waals surface area contributed by atoms with Crippen LogP contribution < -0.4 is 15.7 Å². The Morgan fingerprint density at radius 3 is 2.71 bits per heavy atom. The molecule has 2 N–H and O–H groups in total. The van der Waals surface area contributed by atoms with Crippen LogP contribution in [0, 0.1) is 6.92 Å². The number of aromatic nitrogens is 2. The molecule has 1 aromatic heterocycles. The van der Waals surface area contributed by atoms with Crippen LogP contribution in [0.1, 0.15) is 11.3 Å². The standard InChI is InChI=1S/C12H12N2O3/c1-8-3-2-4-10(5-8)17-7-9-6-11(15)12(16)14-13-9/h2-6H,7H2,1H3,(H,13,15)(H,14,16). The average molecular weight is 232 g/mol. The molecule has 88 valence electrons. The summed E-state index contributed by atoms with van der Waals surface area (Å²) in [6, 6.07) is 8.81. The molecule has 0 atom stereocenters. The molecule has 0 amide bonds. The van der Waals surface area contributed by atoms with Gasteiger partial charge in [-0.2, -0.15) is 0 Å². The molecular formula is C12H12N2O3. The molecule has 0 aliphatic heterocycles. The highest BCUT2D eigenvalue weighted by Gasteiger charge is 1.99. The molecule has 2 rings (SSSR count). The Labute approximate surface area is 97.1 Å². The van der Waals surface area contributed by atoms with E-state index in [4.69, 9.17) is 4.74 Å². The third-order valence-electron chi connectivity index (χ3n) is 2.25. The van der Waals surface area contributed by atoms with E-state index in [-0.39, 0.29) is 6.61 Å². The quantitative estimate of drug-likeness (QED) is 0.774. The Morgan fingerprint density at radius 1 is 1.18 bits per heavy atom. The van der Waals surface area contributed by atoms with Gasteiger partial charge in [0.1, 0.15) is 12.4 Å². The molecule has 17 heavy (non-hydrogen) atoms. The van der Waals surface area contributed by atoms with E-state index in [0.717, 1.165) is 11.3 Å². The Kier molecular flexibility index (Phi) is 3.09. The predicted octanol–water partition coefficient (Wildman–Crippen LogP) is 0.951. The number of aromatic amines is 2. The van der Waals surface area contributed by atoms with Crippen molar-refractivity contribution in [2.75, 3.05) is 0 Å². The molecular weight excluding hydrogens is 220 g/mol. The lowest BCUT2D eigenvalue weighted by Crippen LogP contribution is -2.28. The smallest absolute Gasteiger partial charge is 0.310 e.